The summed E-state index contributed by atoms with van der Waals surface area (Å²) >= 11 is 0. The molecule has 0 bridgehead atoms. The van der Waals surface area contributed by atoms with Gasteiger partial charge in [-0.05, 0) is 32.1 Å². The zero-order valence-corrected chi connectivity index (χ0v) is 13.4. The Morgan fingerprint density at radius 3 is 1.70 bits per heavy atom. The maximum absolute atomic E-state index is 10.3. The second-order valence-electron chi connectivity index (χ2n) is 5.73. The number of carboxylic acid groups (broad SMARTS) is 1. The van der Waals surface area contributed by atoms with Gasteiger partial charge in [0.2, 0.25) is 0 Å². The molecule has 0 fully saturated rings. The third-order valence-electron chi connectivity index (χ3n) is 3.65. The number of aliphatic carboxylic acids is 1. The average molecular weight is 282 g/mol. The fraction of sp³-hybridized carbons (Fsp3) is 0.833. The maximum Gasteiger partial charge on any atom is 0.303 e. The molecule has 0 aliphatic carbocycles. The molecule has 0 aromatic rings. The van der Waals surface area contributed by atoms with Crippen LogP contribution < -0.4 is 0 Å². The van der Waals surface area contributed by atoms with Crippen LogP contribution in [0.2, 0.25) is 0 Å². The maximum atomic E-state index is 10.3. The quantitative estimate of drug-likeness (QED) is 0.291. The van der Waals surface area contributed by atoms with Crippen molar-refractivity contribution in [2.75, 3.05) is 0 Å². The Morgan fingerprint density at radius 2 is 1.20 bits per heavy atom. The van der Waals surface area contributed by atoms with E-state index in [2.05, 4.69) is 19.1 Å². The third kappa shape index (κ3) is 17.2. The monoisotopic (exact) mass is 282 g/mol. The average Bonchev–Trinajstić information content (AvgIpc) is 2.43. The van der Waals surface area contributed by atoms with E-state index in [4.69, 9.17) is 5.11 Å². The fourth-order valence-corrected chi connectivity index (χ4v) is 2.35. The van der Waals surface area contributed by atoms with Gasteiger partial charge in [0.05, 0.1) is 0 Å². The molecule has 2 heteroatoms. The van der Waals surface area contributed by atoms with Gasteiger partial charge in [-0.25, -0.2) is 0 Å². The van der Waals surface area contributed by atoms with E-state index >= 15 is 0 Å². The number of carboxylic acids is 1. The summed E-state index contributed by atoms with van der Waals surface area (Å²) in [6, 6.07) is 0. The SMILES string of the molecule is CCCCCCCCCC/C=C/CCCCCC(=O)O. The van der Waals surface area contributed by atoms with Crippen LogP contribution >= 0.6 is 0 Å². The van der Waals surface area contributed by atoms with E-state index in [1.54, 1.807) is 0 Å². The van der Waals surface area contributed by atoms with Gasteiger partial charge in [0.25, 0.3) is 0 Å². The molecule has 20 heavy (non-hydrogen) atoms. The molecule has 2 nitrogen and oxygen atoms in total. The van der Waals surface area contributed by atoms with Crippen LogP contribution in [0.15, 0.2) is 12.2 Å². The van der Waals surface area contributed by atoms with Crippen LogP contribution in [0.4, 0.5) is 0 Å². The Balaban J connectivity index is 3.07. The van der Waals surface area contributed by atoms with Gasteiger partial charge in [-0.15, -0.1) is 0 Å². The number of allylic oxidation sites excluding steroid dienone is 2. The van der Waals surface area contributed by atoms with Crippen molar-refractivity contribution in [3.8, 4) is 0 Å². The minimum Gasteiger partial charge on any atom is -0.481 e. The summed E-state index contributed by atoms with van der Waals surface area (Å²) in [5.41, 5.74) is 0. The van der Waals surface area contributed by atoms with Gasteiger partial charge >= 0.3 is 5.97 Å². The second kappa shape index (κ2) is 16.3. The Bertz CT molecular complexity index is 234. The van der Waals surface area contributed by atoms with Crippen LogP contribution in [0, 0.1) is 0 Å². The van der Waals surface area contributed by atoms with E-state index < -0.39 is 5.97 Å². The Kier molecular flexibility index (Phi) is 15.6. The van der Waals surface area contributed by atoms with Crippen LogP contribution in [0.25, 0.3) is 0 Å². The third-order valence-corrected chi connectivity index (χ3v) is 3.65. The van der Waals surface area contributed by atoms with Crippen molar-refractivity contribution in [1.29, 1.82) is 0 Å². The van der Waals surface area contributed by atoms with E-state index in [0.717, 1.165) is 25.7 Å². The van der Waals surface area contributed by atoms with Crippen molar-refractivity contribution in [3.05, 3.63) is 12.2 Å². The van der Waals surface area contributed by atoms with E-state index in [1.807, 2.05) is 0 Å². The molecule has 0 aromatic heterocycles. The lowest BCUT2D eigenvalue weighted by atomic mass is 10.1. The van der Waals surface area contributed by atoms with E-state index in [-0.39, 0.29) is 0 Å². The van der Waals surface area contributed by atoms with Crippen LogP contribution in [-0.4, -0.2) is 11.1 Å². The lowest BCUT2D eigenvalue weighted by molar-refractivity contribution is -0.137. The molecule has 0 spiro atoms. The standard InChI is InChI=1S/C18H34O2/c1-2-3-4-5-6-7-8-9-10-11-12-13-14-15-16-17-18(19)20/h11-12H,2-10,13-17H2,1H3,(H,19,20)/b12-11+. The van der Waals surface area contributed by atoms with Gasteiger partial charge in [-0.1, -0.05) is 70.4 Å². The van der Waals surface area contributed by atoms with Gasteiger partial charge < -0.3 is 5.11 Å². The van der Waals surface area contributed by atoms with Crippen molar-refractivity contribution in [2.24, 2.45) is 0 Å². The van der Waals surface area contributed by atoms with Gasteiger partial charge in [0, 0.05) is 6.42 Å². The molecule has 0 unspecified atom stereocenters. The molecule has 0 atom stereocenters. The van der Waals surface area contributed by atoms with Crippen molar-refractivity contribution in [3.63, 3.8) is 0 Å². The molecular formula is C18H34O2. The fourth-order valence-electron chi connectivity index (χ4n) is 2.35. The highest BCUT2D eigenvalue weighted by Gasteiger charge is 1.95. The first-order chi connectivity index (χ1) is 9.77. The summed E-state index contributed by atoms with van der Waals surface area (Å²) < 4.78 is 0. The highest BCUT2D eigenvalue weighted by molar-refractivity contribution is 5.66. The van der Waals surface area contributed by atoms with Gasteiger partial charge in [-0.2, -0.15) is 0 Å². The molecular weight excluding hydrogens is 248 g/mol. The highest BCUT2D eigenvalue weighted by Crippen LogP contribution is 2.10. The van der Waals surface area contributed by atoms with Gasteiger partial charge in [0.1, 0.15) is 0 Å². The highest BCUT2D eigenvalue weighted by atomic mass is 16.4. The minimum atomic E-state index is -0.671. The summed E-state index contributed by atoms with van der Waals surface area (Å²) in [6.07, 6.45) is 21.3. The molecule has 0 aromatic carbocycles. The molecule has 118 valence electrons. The zero-order chi connectivity index (χ0) is 14.9. The predicted octanol–water partition coefficient (Wildman–Crippen LogP) is 6.11. The molecule has 0 heterocycles. The molecule has 0 aliphatic rings. The molecule has 1 N–H and O–H groups in total. The number of hydrogen-bond acceptors (Lipinski definition) is 1. The summed E-state index contributed by atoms with van der Waals surface area (Å²) in [5, 5.41) is 8.50. The van der Waals surface area contributed by atoms with Crippen molar-refractivity contribution in [1.82, 2.24) is 0 Å². The van der Waals surface area contributed by atoms with Crippen molar-refractivity contribution >= 4 is 5.97 Å². The molecule has 0 rings (SSSR count). The van der Waals surface area contributed by atoms with E-state index in [0.29, 0.717) is 6.42 Å². The summed E-state index contributed by atoms with van der Waals surface area (Å²) in [4.78, 5) is 10.3. The van der Waals surface area contributed by atoms with Crippen LogP contribution in [0.3, 0.4) is 0 Å². The Morgan fingerprint density at radius 1 is 0.750 bits per heavy atom. The normalized spacial score (nSPS) is 11.2. The smallest absolute Gasteiger partial charge is 0.303 e. The van der Waals surface area contributed by atoms with E-state index in [1.165, 1.54) is 57.8 Å². The summed E-state index contributed by atoms with van der Waals surface area (Å²) in [5.74, 6) is -0.671. The van der Waals surface area contributed by atoms with Crippen LogP contribution in [-0.2, 0) is 4.79 Å². The van der Waals surface area contributed by atoms with Gasteiger partial charge in [0.15, 0.2) is 0 Å². The van der Waals surface area contributed by atoms with E-state index in [9.17, 15) is 4.79 Å². The Hall–Kier alpha value is -0.790. The van der Waals surface area contributed by atoms with Gasteiger partial charge in [-0.3, -0.25) is 4.79 Å². The second-order valence-corrected chi connectivity index (χ2v) is 5.73. The summed E-state index contributed by atoms with van der Waals surface area (Å²) in [6.45, 7) is 2.26. The topological polar surface area (TPSA) is 37.3 Å². The number of carbonyl (C=O) groups is 1. The molecule has 0 aliphatic heterocycles. The largest absolute Gasteiger partial charge is 0.481 e. The first-order valence-corrected chi connectivity index (χ1v) is 8.64. The zero-order valence-electron chi connectivity index (χ0n) is 13.4. The predicted molar refractivity (Wildman–Crippen MR) is 87.1 cm³/mol. The van der Waals surface area contributed by atoms with Crippen molar-refractivity contribution < 1.29 is 9.90 Å². The lowest BCUT2D eigenvalue weighted by Gasteiger charge is -2.00. The van der Waals surface area contributed by atoms with Crippen LogP contribution in [0.5, 0.6) is 0 Å². The molecule has 0 saturated carbocycles. The lowest BCUT2D eigenvalue weighted by Crippen LogP contribution is -1.93. The van der Waals surface area contributed by atoms with Crippen molar-refractivity contribution in [2.45, 2.75) is 96.8 Å². The van der Waals surface area contributed by atoms with Crippen LogP contribution in [0.1, 0.15) is 96.8 Å². The number of hydrogen-bond donors (Lipinski definition) is 1. The first kappa shape index (κ1) is 19.2. The first-order valence-electron chi connectivity index (χ1n) is 8.64. The number of rotatable bonds is 15. The molecule has 0 saturated heterocycles. The molecule has 0 amide bonds. The Labute approximate surface area is 125 Å². The summed E-state index contributed by atoms with van der Waals surface area (Å²) in [7, 11) is 0. The molecule has 0 radical (unpaired) electrons. The number of unbranched alkanes of at least 4 members (excludes halogenated alkanes) is 11. The minimum absolute atomic E-state index is 0.321.